The van der Waals surface area contributed by atoms with Gasteiger partial charge in [-0.25, -0.2) is 0 Å². The molecule has 120 valence electrons. The lowest BCUT2D eigenvalue weighted by molar-refractivity contribution is 0.102. The number of hydrogen-bond acceptors (Lipinski definition) is 3. The number of Topliss-reactive ketones (excluding diaryl/α,β-unsaturated/α-hetero) is 1. The van der Waals surface area contributed by atoms with Crippen LogP contribution in [-0.2, 0) is 6.42 Å². The predicted octanol–water partition coefficient (Wildman–Crippen LogP) is 5.19. The van der Waals surface area contributed by atoms with Crippen molar-refractivity contribution in [3.05, 3.63) is 83.5 Å². The maximum absolute atomic E-state index is 13.0. The van der Waals surface area contributed by atoms with Gasteiger partial charge in [0, 0.05) is 22.7 Å². The number of benzene rings is 2. The van der Waals surface area contributed by atoms with E-state index in [-0.39, 0.29) is 5.78 Å². The Bertz CT molecular complexity index is 1150. The average Bonchev–Trinajstić information content (AvgIpc) is 3.16. The van der Waals surface area contributed by atoms with Gasteiger partial charge in [0.25, 0.3) is 0 Å². The van der Waals surface area contributed by atoms with Crippen LogP contribution in [0.5, 0.6) is 0 Å². The molecule has 25 heavy (non-hydrogen) atoms. The molecular formula is C22H15NO2. The second-order valence-electron chi connectivity index (χ2n) is 6.35. The molecule has 0 saturated heterocycles. The highest BCUT2D eigenvalue weighted by Gasteiger charge is 2.25. The van der Waals surface area contributed by atoms with Crippen molar-refractivity contribution in [1.82, 2.24) is 4.98 Å². The van der Waals surface area contributed by atoms with Crippen LogP contribution < -0.4 is 0 Å². The van der Waals surface area contributed by atoms with E-state index in [1.807, 2.05) is 36.4 Å². The van der Waals surface area contributed by atoms with E-state index in [1.165, 1.54) is 5.39 Å². The lowest BCUT2D eigenvalue weighted by atomic mass is 9.84. The lowest BCUT2D eigenvalue weighted by Crippen LogP contribution is -2.15. The summed E-state index contributed by atoms with van der Waals surface area (Å²) in [5.41, 5.74) is 3.56. The predicted molar refractivity (Wildman–Crippen MR) is 98.6 cm³/mol. The van der Waals surface area contributed by atoms with Crippen LogP contribution in [0.3, 0.4) is 0 Å². The monoisotopic (exact) mass is 325 g/mol. The van der Waals surface area contributed by atoms with Crippen LogP contribution in [0, 0.1) is 0 Å². The number of aryl methyl sites for hydroxylation is 1. The zero-order chi connectivity index (χ0) is 16.8. The Morgan fingerprint density at radius 1 is 1.00 bits per heavy atom. The number of hydrogen-bond donors (Lipinski definition) is 0. The highest BCUT2D eigenvalue weighted by Crippen LogP contribution is 2.34. The smallest absolute Gasteiger partial charge is 0.191 e. The summed E-state index contributed by atoms with van der Waals surface area (Å²) in [4.78, 5) is 17.5. The standard InChI is InChI=1S/C22H15NO2/c24-22-15(12-16-5-3-11-25-16)7-9-18-19(22)13-23-20-10-8-14-4-1-2-6-17(14)21(18)20/h1-6,8,10-13H,7,9H2. The Morgan fingerprint density at radius 2 is 1.92 bits per heavy atom. The molecule has 0 atom stereocenters. The van der Waals surface area contributed by atoms with E-state index >= 15 is 0 Å². The molecule has 0 fully saturated rings. The number of carbonyl (C=O) groups excluding carboxylic acids is 1. The first-order valence-corrected chi connectivity index (χ1v) is 8.39. The number of nitrogens with zero attached hydrogens (tertiary/aromatic N) is 1. The van der Waals surface area contributed by atoms with E-state index in [1.54, 1.807) is 12.5 Å². The molecule has 0 saturated carbocycles. The molecule has 0 spiro atoms. The van der Waals surface area contributed by atoms with Gasteiger partial charge in [0.05, 0.1) is 11.8 Å². The minimum absolute atomic E-state index is 0.0555. The quantitative estimate of drug-likeness (QED) is 0.357. The Hall–Kier alpha value is -3.20. The third-order valence-corrected chi connectivity index (χ3v) is 4.91. The molecule has 2 heterocycles. The fourth-order valence-electron chi connectivity index (χ4n) is 3.72. The number of furan rings is 1. The molecular weight excluding hydrogens is 310 g/mol. The topological polar surface area (TPSA) is 43.1 Å². The number of ketones is 1. The van der Waals surface area contributed by atoms with E-state index in [9.17, 15) is 4.79 Å². The largest absolute Gasteiger partial charge is 0.465 e. The second kappa shape index (κ2) is 5.42. The van der Waals surface area contributed by atoms with Crippen LogP contribution in [0.4, 0.5) is 0 Å². The normalized spacial score (nSPS) is 15.8. The molecule has 0 unspecified atom stereocenters. The van der Waals surface area contributed by atoms with E-state index in [4.69, 9.17) is 4.42 Å². The highest BCUT2D eigenvalue weighted by molar-refractivity contribution is 6.17. The Kier molecular flexibility index (Phi) is 3.07. The van der Waals surface area contributed by atoms with Crippen LogP contribution >= 0.6 is 0 Å². The minimum Gasteiger partial charge on any atom is -0.465 e. The molecule has 3 nitrogen and oxygen atoms in total. The molecule has 0 N–H and O–H groups in total. The van der Waals surface area contributed by atoms with Gasteiger partial charge in [-0.3, -0.25) is 9.78 Å². The first-order valence-electron chi connectivity index (χ1n) is 8.39. The Labute approximate surface area is 144 Å². The van der Waals surface area contributed by atoms with Gasteiger partial charge in [0.2, 0.25) is 0 Å². The van der Waals surface area contributed by atoms with Gasteiger partial charge in [-0.2, -0.15) is 0 Å². The number of fused-ring (bicyclic) bond motifs is 5. The van der Waals surface area contributed by atoms with Crippen molar-refractivity contribution in [3.63, 3.8) is 0 Å². The van der Waals surface area contributed by atoms with Gasteiger partial charge in [0.1, 0.15) is 5.76 Å². The second-order valence-corrected chi connectivity index (χ2v) is 6.35. The summed E-state index contributed by atoms with van der Waals surface area (Å²) in [5.74, 6) is 0.769. The van der Waals surface area contributed by atoms with Crippen molar-refractivity contribution in [2.24, 2.45) is 0 Å². The van der Waals surface area contributed by atoms with Gasteiger partial charge in [0.15, 0.2) is 5.78 Å². The molecule has 0 amide bonds. The fourth-order valence-corrected chi connectivity index (χ4v) is 3.72. The molecule has 2 aromatic heterocycles. The number of pyridine rings is 1. The molecule has 5 rings (SSSR count). The minimum atomic E-state index is 0.0555. The molecule has 1 aliphatic carbocycles. The van der Waals surface area contributed by atoms with Gasteiger partial charge in [-0.05, 0) is 53.5 Å². The molecule has 4 aromatic rings. The molecule has 0 bridgehead atoms. The molecule has 2 aromatic carbocycles. The summed E-state index contributed by atoms with van der Waals surface area (Å²) in [7, 11) is 0. The number of aromatic nitrogens is 1. The van der Waals surface area contributed by atoms with Crippen molar-refractivity contribution in [2.75, 3.05) is 0 Å². The first-order chi connectivity index (χ1) is 12.3. The summed E-state index contributed by atoms with van der Waals surface area (Å²) in [6, 6.07) is 16.1. The summed E-state index contributed by atoms with van der Waals surface area (Å²) < 4.78 is 5.36. The average molecular weight is 325 g/mol. The summed E-state index contributed by atoms with van der Waals surface area (Å²) in [6.07, 6.45) is 6.74. The molecule has 1 aliphatic rings. The van der Waals surface area contributed by atoms with Gasteiger partial charge >= 0.3 is 0 Å². The van der Waals surface area contributed by atoms with Gasteiger partial charge in [-0.1, -0.05) is 30.3 Å². The number of rotatable bonds is 1. The number of carbonyl (C=O) groups is 1. The summed E-state index contributed by atoms with van der Waals surface area (Å²) in [5, 5.41) is 3.45. The van der Waals surface area contributed by atoms with E-state index in [0.29, 0.717) is 11.3 Å². The van der Waals surface area contributed by atoms with Gasteiger partial charge in [-0.15, -0.1) is 0 Å². The Morgan fingerprint density at radius 3 is 2.80 bits per heavy atom. The van der Waals surface area contributed by atoms with Crippen LogP contribution in [0.2, 0.25) is 0 Å². The van der Waals surface area contributed by atoms with Crippen molar-refractivity contribution in [3.8, 4) is 0 Å². The number of allylic oxidation sites excluding steroid dienone is 1. The van der Waals surface area contributed by atoms with Crippen LogP contribution in [-0.4, -0.2) is 10.8 Å². The SMILES string of the molecule is O=C1C(=Cc2ccco2)CCc2c1cnc1ccc3ccccc3c21. The maximum atomic E-state index is 13.0. The van der Waals surface area contributed by atoms with Crippen molar-refractivity contribution < 1.29 is 9.21 Å². The van der Waals surface area contributed by atoms with Crippen LogP contribution in [0.1, 0.15) is 28.1 Å². The van der Waals surface area contributed by atoms with Crippen molar-refractivity contribution in [2.45, 2.75) is 12.8 Å². The van der Waals surface area contributed by atoms with E-state index in [2.05, 4.69) is 23.2 Å². The van der Waals surface area contributed by atoms with Crippen molar-refractivity contribution in [1.29, 1.82) is 0 Å². The summed E-state index contributed by atoms with van der Waals surface area (Å²) >= 11 is 0. The van der Waals surface area contributed by atoms with E-state index < -0.39 is 0 Å². The maximum Gasteiger partial charge on any atom is 0.191 e. The molecule has 0 aliphatic heterocycles. The third-order valence-electron chi connectivity index (χ3n) is 4.91. The highest BCUT2D eigenvalue weighted by atomic mass is 16.3. The lowest BCUT2D eigenvalue weighted by Gasteiger charge is -2.19. The molecule has 3 heteroatoms. The van der Waals surface area contributed by atoms with Crippen molar-refractivity contribution >= 4 is 33.5 Å². The Balaban J connectivity index is 1.74. The molecule has 0 radical (unpaired) electrons. The zero-order valence-electron chi connectivity index (χ0n) is 13.5. The van der Waals surface area contributed by atoms with E-state index in [0.717, 1.165) is 40.3 Å². The summed E-state index contributed by atoms with van der Waals surface area (Å²) in [6.45, 7) is 0. The van der Waals surface area contributed by atoms with Crippen LogP contribution in [0.25, 0.3) is 27.8 Å². The zero-order valence-corrected chi connectivity index (χ0v) is 13.5. The van der Waals surface area contributed by atoms with Crippen LogP contribution in [0.15, 0.2) is 71.0 Å². The third kappa shape index (κ3) is 2.20. The fraction of sp³-hybridized carbons (Fsp3) is 0.0909. The first kappa shape index (κ1) is 14.2. The van der Waals surface area contributed by atoms with Gasteiger partial charge < -0.3 is 4.42 Å².